The van der Waals surface area contributed by atoms with E-state index < -0.39 is 0 Å². The summed E-state index contributed by atoms with van der Waals surface area (Å²) in [7, 11) is 0. The van der Waals surface area contributed by atoms with E-state index in [2.05, 4.69) is 28.2 Å². The van der Waals surface area contributed by atoms with Gasteiger partial charge in [-0.1, -0.05) is 35.2 Å². The molecule has 1 aromatic carbocycles. The second kappa shape index (κ2) is 6.85. The van der Waals surface area contributed by atoms with E-state index in [4.69, 9.17) is 0 Å². The quantitative estimate of drug-likeness (QED) is 0.800. The van der Waals surface area contributed by atoms with Crippen LogP contribution in [-0.4, -0.2) is 6.04 Å². The first kappa shape index (κ1) is 15.0. The molecule has 1 N–H and O–H groups in total. The Bertz CT molecular complexity index is 415. The molecule has 1 aliphatic rings. The summed E-state index contributed by atoms with van der Waals surface area (Å²) >= 11 is 3.41. The summed E-state index contributed by atoms with van der Waals surface area (Å²) in [5.74, 6) is 0.616. The van der Waals surface area contributed by atoms with Gasteiger partial charge in [0.25, 0.3) is 0 Å². The van der Waals surface area contributed by atoms with Gasteiger partial charge in [0, 0.05) is 22.1 Å². The standard InChI is InChI=1S/C16H23BrFN/c1-11(13-6-4-3-5-7-13)19-12(2)15-10-14(17)8-9-16(15)18/h8-13,19H,3-7H2,1-2H3/t11-,12?/m0/s1. The zero-order valence-corrected chi connectivity index (χ0v) is 13.3. The molecule has 1 aromatic rings. The Morgan fingerprint density at radius 2 is 1.89 bits per heavy atom. The Balaban J connectivity index is 1.99. The van der Waals surface area contributed by atoms with Crippen molar-refractivity contribution in [3.05, 3.63) is 34.1 Å². The van der Waals surface area contributed by atoms with Crippen LogP contribution in [0.5, 0.6) is 0 Å². The minimum absolute atomic E-state index is 0.0504. The first-order chi connectivity index (χ1) is 9.08. The average Bonchev–Trinajstić information content (AvgIpc) is 2.42. The maximum atomic E-state index is 13.9. The Morgan fingerprint density at radius 1 is 1.21 bits per heavy atom. The van der Waals surface area contributed by atoms with Gasteiger partial charge in [0.1, 0.15) is 5.82 Å². The Labute approximate surface area is 124 Å². The molecule has 0 aromatic heterocycles. The highest BCUT2D eigenvalue weighted by molar-refractivity contribution is 9.10. The number of nitrogens with one attached hydrogen (secondary N) is 1. The highest BCUT2D eigenvalue weighted by Crippen LogP contribution is 2.28. The lowest BCUT2D eigenvalue weighted by molar-refractivity contribution is 0.267. The summed E-state index contributed by atoms with van der Waals surface area (Å²) < 4.78 is 14.8. The third-order valence-electron chi connectivity index (χ3n) is 4.29. The Morgan fingerprint density at radius 3 is 2.58 bits per heavy atom. The summed E-state index contributed by atoms with van der Waals surface area (Å²) in [5.41, 5.74) is 0.747. The van der Waals surface area contributed by atoms with Gasteiger partial charge in [-0.2, -0.15) is 0 Å². The topological polar surface area (TPSA) is 12.0 Å². The van der Waals surface area contributed by atoms with Crippen molar-refractivity contribution >= 4 is 15.9 Å². The monoisotopic (exact) mass is 327 g/mol. The zero-order chi connectivity index (χ0) is 13.8. The summed E-state index contributed by atoms with van der Waals surface area (Å²) in [6.07, 6.45) is 6.68. The Kier molecular flexibility index (Phi) is 5.40. The van der Waals surface area contributed by atoms with Crippen LogP contribution in [0.25, 0.3) is 0 Å². The van der Waals surface area contributed by atoms with Crippen LogP contribution < -0.4 is 5.32 Å². The van der Waals surface area contributed by atoms with E-state index >= 15 is 0 Å². The number of halogens is 2. The highest BCUT2D eigenvalue weighted by Gasteiger charge is 2.22. The molecule has 106 valence electrons. The molecule has 2 atom stereocenters. The summed E-state index contributed by atoms with van der Waals surface area (Å²) in [5, 5.41) is 3.57. The molecular weight excluding hydrogens is 305 g/mol. The van der Waals surface area contributed by atoms with Gasteiger partial charge in [0.2, 0.25) is 0 Å². The van der Waals surface area contributed by atoms with Crippen LogP contribution in [0, 0.1) is 11.7 Å². The molecule has 0 bridgehead atoms. The minimum Gasteiger partial charge on any atom is -0.307 e. The number of rotatable bonds is 4. The van der Waals surface area contributed by atoms with Crippen molar-refractivity contribution in [1.29, 1.82) is 0 Å². The molecule has 1 unspecified atom stereocenters. The van der Waals surface area contributed by atoms with Crippen LogP contribution in [0.1, 0.15) is 57.6 Å². The van der Waals surface area contributed by atoms with Crippen LogP contribution in [0.4, 0.5) is 4.39 Å². The number of hydrogen-bond acceptors (Lipinski definition) is 1. The van der Waals surface area contributed by atoms with Gasteiger partial charge in [-0.3, -0.25) is 0 Å². The third-order valence-corrected chi connectivity index (χ3v) is 4.79. The van der Waals surface area contributed by atoms with Crippen LogP contribution in [0.3, 0.4) is 0 Å². The molecule has 0 amide bonds. The minimum atomic E-state index is -0.126. The molecule has 1 aliphatic carbocycles. The normalized spacial score (nSPS) is 20.2. The van der Waals surface area contributed by atoms with Crippen molar-refractivity contribution in [2.45, 2.75) is 58.0 Å². The van der Waals surface area contributed by atoms with E-state index in [0.717, 1.165) is 16.0 Å². The first-order valence-corrected chi connectivity index (χ1v) is 8.08. The molecular formula is C16H23BrFN. The van der Waals surface area contributed by atoms with Gasteiger partial charge in [0.15, 0.2) is 0 Å². The predicted octanol–water partition coefficient (Wildman–Crippen LogP) is 5.21. The maximum absolute atomic E-state index is 13.9. The molecule has 3 heteroatoms. The smallest absolute Gasteiger partial charge is 0.128 e. The van der Waals surface area contributed by atoms with E-state index in [0.29, 0.717) is 6.04 Å². The SMILES string of the molecule is CC(N[C@@H](C)C1CCCCC1)c1cc(Br)ccc1F. The van der Waals surface area contributed by atoms with Gasteiger partial charge in [0.05, 0.1) is 0 Å². The van der Waals surface area contributed by atoms with E-state index in [1.54, 1.807) is 6.07 Å². The van der Waals surface area contributed by atoms with E-state index in [9.17, 15) is 4.39 Å². The van der Waals surface area contributed by atoms with Gasteiger partial charge in [-0.05, 0) is 50.8 Å². The predicted molar refractivity (Wildman–Crippen MR) is 81.7 cm³/mol. The van der Waals surface area contributed by atoms with Crippen LogP contribution in [0.2, 0.25) is 0 Å². The van der Waals surface area contributed by atoms with Crippen molar-refractivity contribution in [2.24, 2.45) is 5.92 Å². The molecule has 19 heavy (non-hydrogen) atoms. The molecule has 1 saturated carbocycles. The lowest BCUT2D eigenvalue weighted by Gasteiger charge is -2.31. The second-order valence-electron chi connectivity index (χ2n) is 5.74. The van der Waals surface area contributed by atoms with Crippen LogP contribution >= 0.6 is 15.9 Å². The summed E-state index contributed by atoms with van der Waals surface area (Å²) in [4.78, 5) is 0. The van der Waals surface area contributed by atoms with Crippen LogP contribution in [0.15, 0.2) is 22.7 Å². The molecule has 0 aliphatic heterocycles. The second-order valence-corrected chi connectivity index (χ2v) is 6.66. The molecule has 1 nitrogen and oxygen atoms in total. The van der Waals surface area contributed by atoms with Crippen molar-refractivity contribution in [3.63, 3.8) is 0 Å². The lowest BCUT2D eigenvalue weighted by Crippen LogP contribution is -2.36. The van der Waals surface area contributed by atoms with Crippen molar-refractivity contribution < 1.29 is 4.39 Å². The number of benzene rings is 1. The fourth-order valence-corrected chi connectivity index (χ4v) is 3.48. The van der Waals surface area contributed by atoms with Gasteiger partial charge in [-0.15, -0.1) is 0 Å². The fourth-order valence-electron chi connectivity index (χ4n) is 3.10. The molecule has 1 fully saturated rings. The third kappa shape index (κ3) is 4.03. The van der Waals surface area contributed by atoms with Crippen molar-refractivity contribution in [2.75, 3.05) is 0 Å². The van der Waals surface area contributed by atoms with Crippen molar-refractivity contribution in [3.8, 4) is 0 Å². The highest BCUT2D eigenvalue weighted by atomic mass is 79.9. The summed E-state index contributed by atoms with van der Waals surface area (Å²) in [6.45, 7) is 4.28. The molecule has 0 radical (unpaired) electrons. The fraction of sp³-hybridized carbons (Fsp3) is 0.625. The van der Waals surface area contributed by atoms with Gasteiger partial charge >= 0.3 is 0 Å². The maximum Gasteiger partial charge on any atom is 0.128 e. The van der Waals surface area contributed by atoms with E-state index in [-0.39, 0.29) is 11.9 Å². The molecule has 0 spiro atoms. The van der Waals surface area contributed by atoms with Crippen LogP contribution in [-0.2, 0) is 0 Å². The average molecular weight is 328 g/mol. The first-order valence-electron chi connectivity index (χ1n) is 7.29. The Hall–Kier alpha value is -0.410. The van der Waals surface area contributed by atoms with E-state index in [1.807, 2.05) is 13.0 Å². The molecule has 0 saturated heterocycles. The lowest BCUT2D eigenvalue weighted by atomic mass is 9.84. The zero-order valence-electron chi connectivity index (χ0n) is 11.8. The summed E-state index contributed by atoms with van der Waals surface area (Å²) in [6, 6.07) is 5.66. The number of hydrogen-bond donors (Lipinski definition) is 1. The van der Waals surface area contributed by atoms with E-state index in [1.165, 1.54) is 38.2 Å². The van der Waals surface area contributed by atoms with Gasteiger partial charge < -0.3 is 5.32 Å². The van der Waals surface area contributed by atoms with Crippen molar-refractivity contribution in [1.82, 2.24) is 5.32 Å². The van der Waals surface area contributed by atoms with Gasteiger partial charge in [-0.25, -0.2) is 4.39 Å². The molecule has 2 rings (SSSR count). The largest absolute Gasteiger partial charge is 0.307 e. The molecule has 0 heterocycles.